The molecule has 0 spiro atoms. The number of amides is 1. The summed E-state index contributed by atoms with van der Waals surface area (Å²) < 4.78 is 13.9. The molecule has 1 atom stereocenters. The van der Waals surface area contributed by atoms with Crippen molar-refractivity contribution in [3.63, 3.8) is 0 Å². The fourth-order valence-electron chi connectivity index (χ4n) is 2.32. The quantitative estimate of drug-likeness (QED) is 0.529. The minimum absolute atomic E-state index is 0.112. The number of thioether (sulfide) groups is 1. The van der Waals surface area contributed by atoms with E-state index in [9.17, 15) is 9.18 Å². The van der Waals surface area contributed by atoms with Crippen molar-refractivity contribution in [2.45, 2.75) is 24.3 Å². The first kappa shape index (κ1) is 18.7. The Morgan fingerprint density at radius 3 is 2.69 bits per heavy atom. The van der Waals surface area contributed by atoms with E-state index in [1.807, 2.05) is 32.0 Å². The molecule has 1 heterocycles. The van der Waals surface area contributed by atoms with Gasteiger partial charge >= 0.3 is 0 Å². The summed E-state index contributed by atoms with van der Waals surface area (Å²) in [5, 5.41) is 3.21. The fraction of sp³-hybridized carbons (Fsp3) is 0.158. The molecule has 0 aliphatic carbocycles. The third-order valence-corrected chi connectivity index (χ3v) is 5.40. The highest BCUT2D eigenvalue weighted by molar-refractivity contribution is 9.10. The SMILES string of the molecule is Cc1ccc(NC(=O)C(C)Sc2ncc(-c3ccc(F)cc3)[nH]2)c(Br)c1. The lowest BCUT2D eigenvalue weighted by atomic mass is 10.2. The highest BCUT2D eigenvalue weighted by atomic mass is 79.9. The predicted molar refractivity (Wildman–Crippen MR) is 107 cm³/mol. The molecular weight excluding hydrogens is 417 g/mol. The van der Waals surface area contributed by atoms with E-state index in [1.165, 1.54) is 23.9 Å². The lowest BCUT2D eigenvalue weighted by Gasteiger charge is -2.12. The van der Waals surface area contributed by atoms with Crippen molar-refractivity contribution in [2.75, 3.05) is 5.32 Å². The summed E-state index contributed by atoms with van der Waals surface area (Å²) in [7, 11) is 0. The monoisotopic (exact) mass is 433 g/mol. The summed E-state index contributed by atoms with van der Waals surface area (Å²) >= 11 is 4.79. The van der Waals surface area contributed by atoms with Crippen molar-refractivity contribution in [1.82, 2.24) is 9.97 Å². The zero-order chi connectivity index (χ0) is 18.7. The Kier molecular flexibility index (Phi) is 5.78. The van der Waals surface area contributed by atoms with E-state index in [4.69, 9.17) is 0 Å². The molecule has 1 unspecified atom stereocenters. The van der Waals surface area contributed by atoms with E-state index >= 15 is 0 Å². The van der Waals surface area contributed by atoms with Gasteiger partial charge in [0.15, 0.2) is 5.16 Å². The van der Waals surface area contributed by atoms with E-state index in [1.54, 1.807) is 18.3 Å². The highest BCUT2D eigenvalue weighted by Crippen LogP contribution is 2.27. The summed E-state index contributed by atoms with van der Waals surface area (Å²) in [5.74, 6) is -0.394. The standard InChI is InChI=1S/C19H17BrFN3OS/c1-11-3-8-16(15(20)9-11)23-18(25)12(2)26-19-22-10-17(24-19)13-4-6-14(21)7-5-13/h3-10,12H,1-2H3,(H,22,24)(H,23,25). The number of nitrogens with one attached hydrogen (secondary N) is 2. The van der Waals surface area contributed by atoms with Crippen LogP contribution in [0.25, 0.3) is 11.3 Å². The number of H-pyrrole nitrogens is 1. The minimum Gasteiger partial charge on any atom is -0.333 e. The van der Waals surface area contributed by atoms with Gasteiger partial charge in [-0.2, -0.15) is 0 Å². The second kappa shape index (κ2) is 8.05. The van der Waals surface area contributed by atoms with Crippen LogP contribution < -0.4 is 5.32 Å². The Labute approximate surface area is 163 Å². The summed E-state index contributed by atoms with van der Waals surface area (Å²) in [6, 6.07) is 11.9. The minimum atomic E-state index is -0.338. The number of aryl methyl sites for hydroxylation is 1. The molecule has 1 aromatic heterocycles. The maximum Gasteiger partial charge on any atom is 0.237 e. The van der Waals surface area contributed by atoms with Crippen LogP contribution in [0.15, 0.2) is 58.3 Å². The van der Waals surface area contributed by atoms with Gasteiger partial charge in [0, 0.05) is 4.47 Å². The number of anilines is 1. The van der Waals surface area contributed by atoms with Gasteiger partial charge < -0.3 is 10.3 Å². The Morgan fingerprint density at radius 2 is 2.00 bits per heavy atom. The molecule has 3 aromatic rings. The fourth-order valence-corrected chi connectivity index (χ4v) is 3.69. The summed E-state index contributed by atoms with van der Waals surface area (Å²) in [6.45, 7) is 3.81. The van der Waals surface area contributed by atoms with Gasteiger partial charge in [-0.05, 0) is 77.3 Å². The Morgan fingerprint density at radius 1 is 1.27 bits per heavy atom. The highest BCUT2D eigenvalue weighted by Gasteiger charge is 2.17. The molecule has 0 fully saturated rings. The number of benzene rings is 2. The molecule has 26 heavy (non-hydrogen) atoms. The van der Waals surface area contributed by atoms with Gasteiger partial charge in [-0.15, -0.1) is 0 Å². The van der Waals surface area contributed by atoms with Gasteiger partial charge in [-0.25, -0.2) is 9.37 Å². The number of aromatic nitrogens is 2. The van der Waals surface area contributed by atoms with Gasteiger partial charge in [0.1, 0.15) is 5.82 Å². The van der Waals surface area contributed by atoms with Crippen LogP contribution in [-0.2, 0) is 4.79 Å². The maximum absolute atomic E-state index is 13.0. The Bertz CT molecular complexity index is 927. The van der Waals surface area contributed by atoms with E-state index in [2.05, 4.69) is 31.2 Å². The Hall–Kier alpha value is -2.12. The Balaban J connectivity index is 1.65. The van der Waals surface area contributed by atoms with Gasteiger partial charge in [0.05, 0.1) is 22.8 Å². The second-order valence-corrected chi connectivity index (χ2v) is 8.03. The number of hydrogen-bond donors (Lipinski definition) is 2. The smallest absolute Gasteiger partial charge is 0.237 e. The van der Waals surface area contributed by atoms with E-state index in [0.717, 1.165) is 27.0 Å². The van der Waals surface area contributed by atoms with Crippen molar-refractivity contribution in [1.29, 1.82) is 0 Å². The first-order valence-corrected chi connectivity index (χ1v) is 9.64. The molecular formula is C19H17BrFN3OS. The van der Waals surface area contributed by atoms with Crippen LogP contribution in [-0.4, -0.2) is 21.1 Å². The van der Waals surface area contributed by atoms with Gasteiger partial charge in [0.2, 0.25) is 5.91 Å². The summed E-state index contributed by atoms with van der Waals surface area (Å²) in [4.78, 5) is 19.9. The molecule has 2 N–H and O–H groups in total. The second-order valence-electron chi connectivity index (χ2n) is 5.84. The first-order valence-electron chi connectivity index (χ1n) is 7.97. The number of carbonyl (C=O) groups excluding carboxylic acids is 1. The molecule has 7 heteroatoms. The number of carbonyl (C=O) groups is 1. The van der Waals surface area contributed by atoms with Crippen molar-refractivity contribution in [3.05, 3.63) is 64.5 Å². The average Bonchev–Trinajstić information content (AvgIpc) is 3.06. The van der Waals surface area contributed by atoms with Crippen LogP contribution in [0.3, 0.4) is 0 Å². The topological polar surface area (TPSA) is 57.8 Å². The van der Waals surface area contributed by atoms with Crippen molar-refractivity contribution >= 4 is 39.3 Å². The molecule has 0 aliphatic rings. The third-order valence-electron chi connectivity index (χ3n) is 3.75. The number of halogens is 2. The lowest BCUT2D eigenvalue weighted by molar-refractivity contribution is -0.115. The number of rotatable bonds is 5. The number of aromatic amines is 1. The summed E-state index contributed by atoms with van der Waals surface area (Å²) in [6.07, 6.45) is 1.68. The van der Waals surface area contributed by atoms with Gasteiger partial charge in [0.25, 0.3) is 0 Å². The lowest BCUT2D eigenvalue weighted by Crippen LogP contribution is -2.22. The average molecular weight is 434 g/mol. The molecule has 3 rings (SSSR count). The van der Waals surface area contributed by atoms with Crippen LogP contribution in [0.1, 0.15) is 12.5 Å². The number of nitrogens with zero attached hydrogens (tertiary/aromatic N) is 1. The summed E-state index contributed by atoms with van der Waals surface area (Å²) in [5.41, 5.74) is 3.47. The van der Waals surface area contributed by atoms with E-state index < -0.39 is 0 Å². The molecule has 0 saturated heterocycles. The molecule has 4 nitrogen and oxygen atoms in total. The number of imidazole rings is 1. The van der Waals surface area contributed by atoms with Crippen LogP contribution in [0, 0.1) is 12.7 Å². The normalized spacial score (nSPS) is 12.0. The molecule has 1 amide bonds. The van der Waals surface area contributed by atoms with Crippen molar-refractivity contribution < 1.29 is 9.18 Å². The molecule has 2 aromatic carbocycles. The zero-order valence-corrected chi connectivity index (χ0v) is 16.6. The van der Waals surface area contributed by atoms with Crippen LogP contribution in [0.4, 0.5) is 10.1 Å². The maximum atomic E-state index is 13.0. The van der Waals surface area contributed by atoms with Gasteiger partial charge in [-0.3, -0.25) is 4.79 Å². The third kappa shape index (κ3) is 4.53. The molecule has 0 aliphatic heterocycles. The van der Waals surface area contributed by atoms with E-state index in [0.29, 0.717) is 5.16 Å². The first-order chi connectivity index (χ1) is 12.4. The molecule has 0 saturated carbocycles. The number of hydrogen-bond acceptors (Lipinski definition) is 3. The van der Waals surface area contributed by atoms with Gasteiger partial charge in [-0.1, -0.05) is 17.8 Å². The largest absolute Gasteiger partial charge is 0.333 e. The van der Waals surface area contributed by atoms with Crippen molar-refractivity contribution in [3.8, 4) is 11.3 Å². The molecule has 134 valence electrons. The predicted octanol–water partition coefficient (Wildman–Crippen LogP) is 5.41. The van der Waals surface area contributed by atoms with Crippen LogP contribution in [0.2, 0.25) is 0 Å². The van der Waals surface area contributed by atoms with E-state index in [-0.39, 0.29) is 17.0 Å². The molecule has 0 bridgehead atoms. The van der Waals surface area contributed by atoms with Crippen molar-refractivity contribution in [2.24, 2.45) is 0 Å². The zero-order valence-electron chi connectivity index (χ0n) is 14.2. The van der Waals surface area contributed by atoms with Crippen LogP contribution >= 0.6 is 27.7 Å². The van der Waals surface area contributed by atoms with Crippen LogP contribution in [0.5, 0.6) is 0 Å². The molecule has 0 radical (unpaired) electrons.